The van der Waals surface area contributed by atoms with E-state index in [9.17, 15) is 0 Å². The molecule has 1 aliphatic rings. The lowest BCUT2D eigenvalue weighted by Gasteiger charge is -2.41. The average molecular weight is 408 g/mol. The van der Waals surface area contributed by atoms with Crippen LogP contribution in [0.15, 0.2) is 60.0 Å². The van der Waals surface area contributed by atoms with Crippen molar-refractivity contribution < 1.29 is 5.11 Å². The van der Waals surface area contributed by atoms with Gasteiger partial charge in [0.25, 0.3) is 0 Å². The topological polar surface area (TPSA) is 124 Å². The number of aromatic nitrogens is 3. The Labute approximate surface area is 172 Å². The van der Waals surface area contributed by atoms with Crippen LogP contribution in [0.25, 0.3) is 11.1 Å². The van der Waals surface area contributed by atoms with Crippen LogP contribution < -0.4 is 5.73 Å². The van der Waals surface area contributed by atoms with Crippen molar-refractivity contribution in [2.24, 2.45) is 4.99 Å². The fourth-order valence-corrected chi connectivity index (χ4v) is 3.71. The number of nitrogen functional groups attached to an aromatic ring is 1. The molecule has 146 valence electrons. The minimum atomic E-state index is -0.475. The molecule has 8 heteroatoms. The summed E-state index contributed by atoms with van der Waals surface area (Å²) < 4.78 is 0. The number of pyridine rings is 1. The molecule has 0 spiro atoms. The van der Waals surface area contributed by atoms with Crippen LogP contribution in [0, 0.1) is 5.41 Å². The Morgan fingerprint density at radius 3 is 2.34 bits per heavy atom. The molecule has 5 N–H and O–H groups in total. The molecule has 0 unspecified atom stereocenters. The zero-order chi connectivity index (χ0) is 20.4. The second-order valence-electron chi connectivity index (χ2n) is 6.99. The summed E-state index contributed by atoms with van der Waals surface area (Å²) in [5.41, 5.74) is 8.36. The smallest absolute Gasteiger partial charge is 0.369 e. The average Bonchev–Trinajstić information content (AvgIpc) is 2.68. The Morgan fingerprint density at radius 1 is 1.07 bits per heavy atom. The van der Waals surface area contributed by atoms with Crippen LogP contribution in [0.5, 0.6) is 0 Å². The molecule has 0 bridgehead atoms. The van der Waals surface area contributed by atoms with Crippen molar-refractivity contribution >= 4 is 29.3 Å². The fourth-order valence-electron chi connectivity index (χ4n) is 3.50. The quantitative estimate of drug-likeness (QED) is 0.298. The third-order valence-corrected chi connectivity index (χ3v) is 5.64. The van der Waals surface area contributed by atoms with E-state index in [4.69, 9.17) is 27.9 Å². The Kier molecular flexibility index (Phi) is 4.98. The van der Waals surface area contributed by atoms with E-state index < -0.39 is 5.41 Å². The molecule has 4 rings (SSSR count). The maximum absolute atomic E-state index is 8.62. The van der Waals surface area contributed by atoms with Crippen molar-refractivity contribution in [3.63, 3.8) is 0 Å². The predicted molar refractivity (Wildman–Crippen MR) is 115 cm³/mol. The summed E-state index contributed by atoms with van der Waals surface area (Å²) in [6, 6.07) is 11.4. The number of nitrogens with two attached hydrogens (primary N) is 1. The number of anilines is 1. The van der Waals surface area contributed by atoms with Crippen LogP contribution in [0.2, 0.25) is 5.15 Å². The van der Waals surface area contributed by atoms with Crippen molar-refractivity contribution in [1.82, 2.24) is 15.0 Å². The first-order valence-electron chi connectivity index (χ1n) is 9.18. The first kappa shape index (κ1) is 19.0. The summed E-state index contributed by atoms with van der Waals surface area (Å²) in [6.07, 6.45) is 7.61. The van der Waals surface area contributed by atoms with Crippen LogP contribution in [-0.2, 0) is 5.41 Å². The Morgan fingerprint density at radius 2 is 1.76 bits per heavy atom. The Hall–Kier alpha value is -3.32. The summed E-state index contributed by atoms with van der Waals surface area (Å²) in [5.74, 6) is 0.372. The van der Waals surface area contributed by atoms with Crippen LogP contribution >= 0.6 is 11.6 Å². The standard InChI is InChI=1S/C21H19ClN6O/c22-17-16(3-1-10-25-17)18(29)28-19(23)21(8-2-9-21)15-6-4-13(5-7-15)14-11-26-20(24)27-12-14/h1,3-7,10-12H,2,8-9H2,(H2,23,28,29)(H2,24,26,27)/p+1. The molecule has 1 aliphatic carbocycles. The molecular weight excluding hydrogens is 388 g/mol. The van der Waals surface area contributed by atoms with Gasteiger partial charge in [-0.25, -0.2) is 15.0 Å². The molecule has 0 radical (unpaired) electrons. The van der Waals surface area contributed by atoms with Gasteiger partial charge in [-0.05, 0) is 36.1 Å². The zero-order valence-electron chi connectivity index (χ0n) is 15.6. The molecular formula is C21H20ClN6O+. The van der Waals surface area contributed by atoms with Gasteiger partial charge in [0.1, 0.15) is 16.6 Å². The molecule has 0 aliphatic heterocycles. The Bertz CT molecular complexity index is 1080. The van der Waals surface area contributed by atoms with Crippen molar-refractivity contribution in [2.45, 2.75) is 24.7 Å². The van der Waals surface area contributed by atoms with Gasteiger partial charge < -0.3 is 10.8 Å². The molecule has 3 aromatic rings. The lowest BCUT2D eigenvalue weighted by molar-refractivity contribution is 0.336. The van der Waals surface area contributed by atoms with Gasteiger partial charge in [-0.15, -0.1) is 4.99 Å². The number of benzene rings is 1. The van der Waals surface area contributed by atoms with Gasteiger partial charge in [0.05, 0.1) is 5.41 Å². The van der Waals surface area contributed by atoms with E-state index in [0.29, 0.717) is 5.56 Å². The summed E-state index contributed by atoms with van der Waals surface area (Å²) in [4.78, 5) is 16.3. The summed E-state index contributed by atoms with van der Waals surface area (Å²) in [7, 11) is 0. The molecule has 0 amide bonds. The van der Waals surface area contributed by atoms with Gasteiger partial charge in [0.15, 0.2) is 0 Å². The van der Waals surface area contributed by atoms with E-state index in [1.165, 1.54) is 0 Å². The van der Waals surface area contributed by atoms with Gasteiger partial charge in [-0.1, -0.05) is 42.3 Å². The predicted octanol–water partition coefficient (Wildman–Crippen LogP) is 3.34. The number of nitrogens with zero attached hydrogens (tertiary/aromatic N) is 4. The molecule has 2 aromatic heterocycles. The number of rotatable bonds is 4. The highest BCUT2D eigenvalue weighted by atomic mass is 35.5. The van der Waals surface area contributed by atoms with E-state index >= 15 is 0 Å². The highest BCUT2D eigenvalue weighted by Crippen LogP contribution is 2.45. The number of hydrogen-bond acceptors (Lipinski definition) is 5. The van der Waals surface area contributed by atoms with Gasteiger partial charge in [-0.2, -0.15) is 0 Å². The summed E-state index contributed by atoms with van der Waals surface area (Å²) >= 11 is 6.07. The minimum absolute atomic E-state index is 0.0463. The number of hydrogen-bond donors (Lipinski definition) is 2. The molecule has 1 saturated carbocycles. The minimum Gasteiger partial charge on any atom is -0.578 e. The van der Waals surface area contributed by atoms with Gasteiger partial charge in [0.2, 0.25) is 5.95 Å². The van der Waals surface area contributed by atoms with Gasteiger partial charge >= 0.3 is 5.90 Å². The number of halogens is 1. The first-order chi connectivity index (χ1) is 14.0. The van der Waals surface area contributed by atoms with Crippen LogP contribution in [0.4, 0.5) is 5.95 Å². The second-order valence-corrected chi connectivity index (χ2v) is 7.35. The van der Waals surface area contributed by atoms with Crippen molar-refractivity contribution in [1.29, 1.82) is 5.41 Å². The summed E-state index contributed by atoms with van der Waals surface area (Å²) in [5, 5.41) is 17.1. The maximum atomic E-state index is 8.62. The van der Waals surface area contributed by atoms with Gasteiger partial charge in [0, 0.05) is 24.2 Å². The number of nitrogens with one attached hydrogen (secondary N) is 1. The molecule has 0 atom stereocenters. The molecule has 1 aromatic carbocycles. The van der Waals surface area contributed by atoms with Crippen LogP contribution in [0.1, 0.15) is 30.4 Å². The number of amidine groups is 1. The number of aliphatic imine (C=N–C) groups is 1. The van der Waals surface area contributed by atoms with E-state index in [1.54, 1.807) is 30.7 Å². The third-order valence-electron chi connectivity index (χ3n) is 5.34. The highest BCUT2D eigenvalue weighted by Gasteiger charge is 2.43. The monoisotopic (exact) mass is 407 g/mol. The van der Waals surface area contributed by atoms with E-state index in [-0.39, 0.29) is 22.8 Å². The fraction of sp³-hybridized carbons (Fsp3) is 0.190. The molecule has 2 heterocycles. The van der Waals surface area contributed by atoms with Crippen LogP contribution in [0.3, 0.4) is 0 Å². The van der Waals surface area contributed by atoms with Crippen molar-refractivity contribution in [3.8, 4) is 11.1 Å². The zero-order valence-corrected chi connectivity index (χ0v) is 16.3. The third kappa shape index (κ3) is 3.56. The van der Waals surface area contributed by atoms with E-state index in [1.807, 2.05) is 24.3 Å². The van der Waals surface area contributed by atoms with E-state index in [0.717, 1.165) is 36.0 Å². The normalized spacial score (nSPS) is 15.6. The second kappa shape index (κ2) is 7.60. The molecule has 0 saturated heterocycles. The molecule has 29 heavy (non-hydrogen) atoms. The summed E-state index contributed by atoms with van der Waals surface area (Å²) in [6.45, 7) is 0. The van der Waals surface area contributed by atoms with Crippen molar-refractivity contribution in [2.75, 3.05) is 5.73 Å². The van der Waals surface area contributed by atoms with E-state index in [2.05, 4.69) is 19.9 Å². The van der Waals surface area contributed by atoms with Gasteiger partial charge in [-0.3, -0.25) is 5.41 Å². The lowest BCUT2D eigenvalue weighted by Crippen LogP contribution is -2.41. The molecule has 1 fully saturated rings. The first-order valence-corrected chi connectivity index (χ1v) is 9.56. The highest BCUT2D eigenvalue weighted by molar-refractivity contribution is 6.32. The maximum Gasteiger partial charge on any atom is 0.369 e. The molecule has 7 nitrogen and oxygen atoms in total. The largest absolute Gasteiger partial charge is 0.578 e. The van der Waals surface area contributed by atoms with Crippen LogP contribution in [-0.4, -0.2) is 31.8 Å². The SMILES string of the molecule is N=C(N=C([OH2+])c1cccnc1Cl)C1(c2ccc(-c3cnc(N)nc3)cc2)CCC1. The Balaban J connectivity index is 1.62. The lowest BCUT2D eigenvalue weighted by atomic mass is 9.63. The van der Waals surface area contributed by atoms with Crippen molar-refractivity contribution in [3.05, 3.63) is 71.3 Å².